The molecular weight excluding hydrogens is 353 g/mol. The molecule has 0 saturated carbocycles. The first kappa shape index (κ1) is 18.4. The number of ether oxygens (including phenoxy) is 1. The Morgan fingerprint density at radius 3 is 2.77 bits per heavy atom. The first-order valence-electron chi connectivity index (χ1n) is 8.33. The predicted molar refractivity (Wildman–Crippen MR) is 100 cm³/mol. The number of carbonyl (C=O) groups excluding carboxylic acids is 1. The molecule has 1 aromatic heterocycles. The van der Waals surface area contributed by atoms with Crippen LogP contribution in [0.15, 0.2) is 47.4 Å². The van der Waals surface area contributed by atoms with Crippen LogP contribution in [0.4, 0.5) is 4.39 Å². The van der Waals surface area contributed by atoms with Crippen LogP contribution in [-0.2, 0) is 16.1 Å². The van der Waals surface area contributed by atoms with Gasteiger partial charge in [0, 0.05) is 11.4 Å². The molecule has 0 aliphatic rings. The largest absolute Gasteiger partial charge is 0.465 e. The summed E-state index contributed by atoms with van der Waals surface area (Å²) < 4.78 is 23.4. The summed E-state index contributed by atoms with van der Waals surface area (Å²) in [5.41, 5.74) is 2.67. The summed E-state index contributed by atoms with van der Waals surface area (Å²) in [6, 6.07) is 12.6. The maximum absolute atomic E-state index is 13.6. The maximum atomic E-state index is 13.6. The molecule has 0 radical (unpaired) electrons. The molecule has 1 N–H and O–H groups in total. The number of rotatable bonds is 7. The smallest absolute Gasteiger partial charge is 0.320 e. The molecule has 0 atom stereocenters. The molecule has 0 aliphatic heterocycles. The van der Waals surface area contributed by atoms with Gasteiger partial charge >= 0.3 is 5.97 Å². The molecule has 0 saturated heterocycles. The van der Waals surface area contributed by atoms with Gasteiger partial charge in [0.25, 0.3) is 0 Å². The van der Waals surface area contributed by atoms with Crippen molar-refractivity contribution in [1.82, 2.24) is 14.3 Å². The molecule has 0 fully saturated rings. The number of halogens is 1. The number of aromatic nitrogens is 2. The summed E-state index contributed by atoms with van der Waals surface area (Å²) in [5.74, 6) is 0.310. The minimum Gasteiger partial charge on any atom is -0.465 e. The van der Waals surface area contributed by atoms with Crippen molar-refractivity contribution in [3.05, 3.63) is 59.7 Å². The van der Waals surface area contributed by atoms with Gasteiger partial charge in [-0.25, -0.2) is 14.1 Å². The van der Waals surface area contributed by atoms with E-state index in [0.717, 1.165) is 27.3 Å². The third-order valence-corrected chi connectivity index (χ3v) is 4.67. The summed E-state index contributed by atoms with van der Waals surface area (Å²) in [6.45, 7) is 4.86. The first-order valence-corrected chi connectivity index (χ1v) is 9.15. The van der Waals surface area contributed by atoms with E-state index in [4.69, 9.17) is 4.74 Å². The van der Waals surface area contributed by atoms with Crippen molar-refractivity contribution in [2.45, 2.75) is 25.3 Å². The summed E-state index contributed by atoms with van der Waals surface area (Å²) in [7, 11) is 0. The summed E-state index contributed by atoms with van der Waals surface area (Å²) >= 11 is 1.38. The SMILES string of the molecule is CCOC(=O)CNSc1ccc(Cn2c(C)nc3ccc(F)cc32)cc1. The molecule has 0 amide bonds. The van der Waals surface area contributed by atoms with E-state index in [1.807, 2.05) is 35.8 Å². The van der Waals surface area contributed by atoms with E-state index in [9.17, 15) is 9.18 Å². The third kappa shape index (κ3) is 4.42. The fraction of sp³-hybridized carbons (Fsp3) is 0.263. The van der Waals surface area contributed by atoms with E-state index in [2.05, 4.69) is 9.71 Å². The van der Waals surface area contributed by atoms with Gasteiger partial charge in [0.1, 0.15) is 18.2 Å². The van der Waals surface area contributed by atoms with Crippen LogP contribution >= 0.6 is 11.9 Å². The lowest BCUT2D eigenvalue weighted by molar-refractivity contribution is -0.141. The highest BCUT2D eigenvalue weighted by molar-refractivity contribution is 7.97. The van der Waals surface area contributed by atoms with Crippen molar-refractivity contribution in [2.24, 2.45) is 0 Å². The first-order chi connectivity index (χ1) is 12.6. The minimum absolute atomic E-state index is 0.159. The maximum Gasteiger partial charge on any atom is 0.320 e. The molecule has 7 heteroatoms. The second-order valence-electron chi connectivity index (χ2n) is 5.75. The van der Waals surface area contributed by atoms with Crippen molar-refractivity contribution in [3.63, 3.8) is 0 Å². The molecule has 2 aromatic carbocycles. The highest BCUT2D eigenvalue weighted by atomic mass is 32.2. The number of nitrogens with zero attached hydrogens (tertiary/aromatic N) is 2. The molecule has 3 rings (SSSR count). The fourth-order valence-corrected chi connectivity index (χ4v) is 3.28. The summed E-state index contributed by atoms with van der Waals surface area (Å²) in [6.07, 6.45) is 0. The molecular formula is C19H20FN3O2S. The Bertz CT molecular complexity index is 909. The van der Waals surface area contributed by atoms with Crippen molar-refractivity contribution in [3.8, 4) is 0 Å². The van der Waals surface area contributed by atoms with Crippen molar-refractivity contribution in [2.75, 3.05) is 13.2 Å². The number of carbonyl (C=O) groups is 1. The quantitative estimate of drug-likeness (QED) is 0.506. The van der Waals surface area contributed by atoms with Crippen LogP contribution in [0.2, 0.25) is 0 Å². The van der Waals surface area contributed by atoms with Crippen LogP contribution in [-0.4, -0.2) is 28.7 Å². The lowest BCUT2D eigenvalue weighted by Crippen LogP contribution is -2.19. The molecule has 26 heavy (non-hydrogen) atoms. The van der Waals surface area contributed by atoms with Gasteiger partial charge in [-0.05, 0) is 61.7 Å². The lowest BCUT2D eigenvalue weighted by Gasteiger charge is -2.09. The minimum atomic E-state index is -0.272. The van der Waals surface area contributed by atoms with Crippen molar-refractivity contribution < 1.29 is 13.9 Å². The number of benzene rings is 2. The molecule has 0 unspecified atom stereocenters. The third-order valence-electron chi connectivity index (χ3n) is 3.88. The van der Waals surface area contributed by atoms with Gasteiger partial charge in [0.15, 0.2) is 0 Å². The van der Waals surface area contributed by atoms with Gasteiger partial charge in [-0.1, -0.05) is 12.1 Å². The zero-order valence-electron chi connectivity index (χ0n) is 14.7. The zero-order chi connectivity index (χ0) is 18.5. The molecule has 3 aromatic rings. The Kier molecular flexibility index (Phi) is 5.90. The number of hydrogen-bond donors (Lipinski definition) is 1. The normalized spacial score (nSPS) is 11.0. The lowest BCUT2D eigenvalue weighted by atomic mass is 10.2. The van der Waals surface area contributed by atoms with Crippen LogP contribution in [0.25, 0.3) is 11.0 Å². The van der Waals surface area contributed by atoms with Crippen LogP contribution in [0.5, 0.6) is 0 Å². The number of esters is 1. The van der Waals surface area contributed by atoms with Gasteiger partial charge in [0.05, 0.1) is 17.6 Å². The van der Waals surface area contributed by atoms with E-state index in [1.54, 1.807) is 13.0 Å². The number of fused-ring (bicyclic) bond motifs is 1. The Labute approximate surface area is 155 Å². The number of hydrogen-bond acceptors (Lipinski definition) is 5. The number of aryl methyl sites for hydroxylation is 1. The van der Waals surface area contributed by atoms with E-state index in [1.165, 1.54) is 24.1 Å². The topological polar surface area (TPSA) is 56.1 Å². The summed E-state index contributed by atoms with van der Waals surface area (Å²) in [4.78, 5) is 16.8. The fourth-order valence-electron chi connectivity index (χ4n) is 2.65. The van der Waals surface area contributed by atoms with Crippen molar-refractivity contribution >= 4 is 29.0 Å². The van der Waals surface area contributed by atoms with Gasteiger partial charge in [-0.3, -0.25) is 4.79 Å². The Morgan fingerprint density at radius 1 is 1.27 bits per heavy atom. The molecule has 0 bridgehead atoms. The van der Waals surface area contributed by atoms with Crippen molar-refractivity contribution in [1.29, 1.82) is 0 Å². The van der Waals surface area contributed by atoms with Crippen LogP contribution in [0.3, 0.4) is 0 Å². The highest BCUT2D eigenvalue weighted by Crippen LogP contribution is 2.20. The average molecular weight is 373 g/mol. The molecule has 0 aliphatic carbocycles. The zero-order valence-corrected chi connectivity index (χ0v) is 15.5. The van der Waals surface area contributed by atoms with Gasteiger partial charge in [-0.15, -0.1) is 0 Å². The van der Waals surface area contributed by atoms with E-state index >= 15 is 0 Å². The number of imidazole rings is 1. The Morgan fingerprint density at radius 2 is 2.04 bits per heavy atom. The van der Waals surface area contributed by atoms with Crippen LogP contribution < -0.4 is 4.72 Å². The Balaban J connectivity index is 1.65. The molecule has 5 nitrogen and oxygen atoms in total. The number of nitrogens with one attached hydrogen (secondary N) is 1. The van der Waals surface area contributed by atoms with Crippen LogP contribution in [0.1, 0.15) is 18.3 Å². The second-order valence-corrected chi connectivity index (χ2v) is 6.71. The molecule has 136 valence electrons. The predicted octanol–water partition coefficient (Wildman–Crippen LogP) is 3.69. The summed E-state index contributed by atoms with van der Waals surface area (Å²) in [5, 5.41) is 0. The highest BCUT2D eigenvalue weighted by Gasteiger charge is 2.09. The van der Waals surface area contributed by atoms with E-state index < -0.39 is 0 Å². The van der Waals surface area contributed by atoms with Gasteiger partial charge < -0.3 is 9.30 Å². The molecule has 1 heterocycles. The molecule has 0 spiro atoms. The van der Waals surface area contributed by atoms with Gasteiger partial charge in [-0.2, -0.15) is 0 Å². The van der Waals surface area contributed by atoms with E-state index in [0.29, 0.717) is 13.2 Å². The van der Waals surface area contributed by atoms with Crippen LogP contribution in [0, 0.1) is 12.7 Å². The average Bonchev–Trinajstić information content (AvgIpc) is 2.92. The Hall–Kier alpha value is -2.38. The second kappa shape index (κ2) is 8.33. The van der Waals surface area contributed by atoms with E-state index in [-0.39, 0.29) is 18.3 Å². The van der Waals surface area contributed by atoms with Gasteiger partial charge in [0.2, 0.25) is 0 Å². The monoisotopic (exact) mass is 373 g/mol. The standard InChI is InChI=1S/C19H20FN3O2S/c1-3-25-19(24)11-21-26-16-7-4-14(5-8-16)12-23-13(2)22-17-9-6-15(20)10-18(17)23/h4-10,21H,3,11-12H2,1-2H3.